The Bertz CT molecular complexity index is 400. The molecule has 0 radical (unpaired) electrons. The maximum atomic E-state index is 9.20. The van der Waals surface area contributed by atoms with Gasteiger partial charge in [0, 0.05) is 16.7 Å². The lowest BCUT2D eigenvalue weighted by Crippen LogP contribution is -2.48. The fourth-order valence-corrected chi connectivity index (χ4v) is 2.67. The van der Waals surface area contributed by atoms with Crippen molar-refractivity contribution in [3.8, 4) is 0 Å². The maximum Gasteiger partial charge on any atom is 0.0984 e. The number of halogens is 1. The summed E-state index contributed by atoms with van der Waals surface area (Å²) >= 11 is 2.25. The van der Waals surface area contributed by atoms with Gasteiger partial charge < -0.3 is 20.5 Å². The van der Waals surface area contributed by atoms with Gasteiger partial charge in [-0.2, -0.15) is 0 Å². The molecule has 1 heterocycles. The zero-order valence-electron chi connectivity index (χ0n) is 9.77. The van der Waals surface area contributed by atoms with Gasteiger partial charge in [0.2, 0.25) is 0 Å². The van der Waals surface area contributed by atoms with Crippen molar-refractivity contribution >= 4 is 34.0 Å². The molecule has 0 bridgehead atoms. The van der Waals surface area contributed by atoms with Crippen molar-refractivity contribution in [1.29, 1.82) is 0 Å². The predicted molar refractivity (Wildman–Crippen MR) is 77.2 cm³/mol. The number of aliphatic hydroxyl groups excluding tert-OH is 1. The molecule has 0 spiro atoms. The van der Waals surface area contributed by atoms with Crippen molar-refractivity contribution in [3.63, 3.8) is 0 Å². The number of aliphatic hydroxyl groups is 1. The average molecular weight is 348 g/mol. The van der Waals surface area contributed by atoms with Crippen LogP contribution in [0.4, 0.5) is 11.4 Å². The molecule has 2 unspecified atom stereocenters. The van der Waals surface area contributed by atoms with Crippen LogP contribution in [-0.2, 0) is 4.74 Å². The van der Waals surface area contributed by atoms with Gasteiger partial charge in [-0.25, -0.2) is 0 Å². The number of benzene rings is 1. The van der Waals surface area contributed by atoms with E-state index in [1.807, 2.05) is 25.1 Å². The highest BCUT2D eigenvalue weighted by Crippen LogP contribution is 2.27. The van der Waals surface area contributed by atoms with Crippen LogP contribution < -0.4 is 10.6 Å². The average Bonchev–Trinajstić information content (AvgIpc) is 2.28. The highest BCUT2D eigenvalue weighted by molar-refractivity contribution is 14.1. The van der Waals surface area contributed by atoms with Gasteiger partial charge in [-0.1, -0.05) is 0 Å². The molecule has 94 valence electrons. The van der Waals surface area contributed by atoms with Crippen molar-refractivity contribution in [1.82, 2.24) is 0 Å². The Labute approximate surface area is 115 Å². The summed E-state index contributed by atoms with van der Waals surface area (Å²) in [7, 11) is 0. The molecular weight excluding hydrogens is 331 g/mol. The summed E-state index contributed by atoms with van der Waals surface area (Å²) in [5, 5.41) is 9.20. The first-order valence-corrected chi connectivity index (χ1v) is 6.74. The fraction of sp³-hybridized carbons (Fsp3) is 0.500. The SMILES string of the molecule is CC1CN(c2ccc(I)cc2N)CC(CO)O1. The molecule has 1 aliphatic rings. The van der Waals surface area contributed by atoms with Crippen LogP contribution in [0.25, 0.3) is 0 Å². The molecule has 5 heteroatoms. The van der Waals surface area contributed by atoms with E-state index in [1.165, 1.54) is 0 Å². The Kier molecular flexibility index (Phi) is 4.11. The van der Waals surface area contributed by atoms with Gasteiger partial charge in [-0.3, -0.25) is 0 Å². The molecule has 1 aliphatic heterocycles. The highest BCUT2D eigenvalue weighted by atomic mass is 127. The minimum atomic E-state index is -0.127. The number of nitrogen functional groups attached to an aromatic ring is 1. The summed E-state index contributed by atoms with van der Waals surface area (Å²) in [6, 6.07) is 6.04. The van der Waals surface area contributed by atoms with Crippen LogP contribution in [0, 0.1) is 3.57 Å². The molecule has 1 fully saturated rings. The third-order valence-electron chi connectivity index (χ3n) is 2.86. The van der Waals surface area contributed by atoms with E-state index in [9.17, 15) is 5.11 Å². The Hall–Kier alpha value is -0.530. The van der Waals surface area contributed by atoms with Crippen LogP contribution in [0.15, 0.2) is 18.2 Å². The molecule has 1 aromatic rings. The smallest absolute Gasteiger partial charge is 0.0984 e. The number of ether oxygens (including phenoxy) is 1. The minimum Gasteiger partial charge on any atom is -0.397 e. The first-order valence-electron chi connectivity index (χ1n) is 5.66. The van der Waals surface area contributed by atoms with Gasteiger partial charge in [0.25, 0.3) is 0 Å². The second-order valence-corrected chi connectivity index (χ2v) is 5.61. The number of rotatable bonds is 2. The standard InChI is InChI=1S/C12H17IN2O2/c1-8-5-15(6-10(7-16)17-8)12-3-2-9(13)4-11(12)14/h2-4,8,10,16H,5-7,14H2,1H3. The van der Waals surface area contributed by atoms with Crippen molar-refractivity contribution < 1.29 is 9.84 Å². The summed E-state index contributed by atoms with van der Waals surface area (Å²) in [5.74, 6) is 0. The van der Waals surface area contributed by atoms with E-state index in [0.29, 0.717) is 6.54 Å². The van der Waals surface area contributed by atoms with Crippen molar-refractivity contribution in [2.45, 2.75) is 19.1 Å². The summed E-state index contributed by atoms with van der Waals surface area (Å²) in [5.41, 5.74) is 7.84. The van der Waals surface area contributed by atoms with E-state index < -0.39 is 0 Å². The van der Waals surface area contributed by atoms with Crippen molar-refractivity contribution in [3.05, 3.63) is 21.8 Å². The minimum absolute atomic E-state index is 0.0467. The van der Waals surface area contributed by atoms with Crippen molar-refractivity contribution in [2.24, 2.45) is 0 Å². The van der Waals surface area contributed by atoms with Gasteiger partial charge in [-0.05, 0) is 47.7 Å². The largest absolute Gasteiger partial charge is 0.397 e. The summed E-state index contributed by atoms with van der Waals surface area (Å²) < 4.78 is 6.75. The molecule has 2 atom stereocenters. The van der Waals surface area contributed by atoms with E-state index in [0.717, 1.165) is 21.5 Å². The molecule has 4 nitrogen and oxygen atoms in total. The Morgan fingerprint density at radius 1 is 1.53 bits per heavy atom. The predicted octanol–water partition coefficient (Wildman–Crippen LogP) is 1.46. The van der Waals surface area contributed by atoms with Crippen LogP contribution in [0.2, 0.25) is 0 Å². The number of nitrogens with zero attached hydrogens (tertiary/aromatic N) is 1. The summed E-state index contributed by atoms with van der Waals surface area (Å²) in [4.78, 5) is 2.18. The fourth-order valence-electron chi connectivity index (χ4n) is 2.16. The van der Waals surface area contributed by atoms with Crippen molar-refractivity contribution in [2.75, 3.05) is 30.3 Å². The molecule has 0 aliphatic carbocycles. The molecule has 17 heavy (non-hydrogen) atoms. The van der Waals surface area contributed by atoms with Gasteiger partial charge in [0.1, 0.15) is 0 Å². The molecule has 1 saturated heterocycles. The molecule has 1 aromatic carbocycles. The van der Waals surface area contributed by atoms with E-state index in [1.54, 1.807) is 0 Å². The number of hydrogen-bond acceptors (Lipinski definition) is 4. The zero-order chi connectivity index (χ0) is 12.4. The highest BCUT2D eigenvalue weighted by Gasteiger charge is 2.25. The van der Waals surface area contributed by atoms with Crippen LogP contribution >= 0.6 is 22.6 Å². The van der Waals surface area contributed by atoms with Crippen LogP contribution in [0.1, 0.15) is 6.92 Å². The Morgan fingerprint density at radius 2 is 2.29 bits per heavy atom. The Balaban J connectivity index is 2.20. The topological polar surface area (TPSA) is 58.7 Å². The van der Waals surface area contributed by atoms with E-state index in [-0.39, 0.29) is 18.8 Å². The zero-order valence-corrected chi connectivity index (χ0v) is 11.9. The lowest BCUT2D eigenvalue weighted by atomic mass is 10.1. The maximum absolute atomic E-state index is 9.20. The lowest BCUT2D eigenvalue weighted by molar-refractivity contribution is -0.0420. The van der Waals surface area contributed by atoms with E-state index in [4.69, 9.17) is 10.5 Å². The first-order chi connectivity index (χ1) is 8.10. The molecule has 2 rings (SSSR count). The number of morpholine rings is 1. The first kappa shape index (κ1) is 12.9. The number of nitrogens with two attached hydrogens (primary N) is 1. The summed E-state index contributed by atoms with van der Waals surface area (Å²) in [6.45, 7) is 3.55. The van der Waals surface area contributed by atoms with Gasteiger partial charge in [-0.15, -0.1) is 0 Å². The van der Waals surface area contributed by atoms with E-state index in [2.05, 4.69) is 27.5 Å². The molecular formula is C12H17IN2O2. The summed E-state index contributed by atoms with van der Waals surface area (Å²) in [6.07, 6.45) is -0.0167. The molecule has 3 N–H and O–H groups in total. The quantitative estimate of drug-likeness (QED) is 0.628. The number of hydrogen-bond donors (Lipinski definition) is 2. The monoisotopic (exact) mass is 348 g/mol. The molecule has 0 saturated carbocycles. The molecule has 0 amide bonds. The normalized spacial score (nSPS) is 25.0. The second-order valence-electron chi connectivity index (χ2n) is 4.36. The third-order valence-corrected chi connectivity index (χ3v) is 3.53. The van der Waals surface area contributed by atoms with Crippen LogP contribution in [-0.4, -0.2) is 37.0 Å². The number of anilines is 2. The third kappa shape index (κ3) is 3.02. The molecule has 0 aromatic heterocycles. The second kappa shape index (κ2) is 5.41. The van der Waals surface area contributed by atoms with Gasteiger partial charge >= 0.3 is 0 Å². The van der Waals surface area contributed by atoms with Crippen LogP contribution in [0.3, 0.4) is 0 Å². The lowest BCUT2D eigenvalue weighted by Gasteiger charge is -2.38. The van der Waals surface area contributed by atoms with Gasteiger partial charge in [0.05, 0.1) is 30.2 Å². The van der Waals surface area contributed by atoms with E-state index >= 15 is 0 Å². The van der Waals surface area contributed by atoms with Gasteiger partial charge in [0.15, 0.2) is 0 Å². The van der Waals surface area contributed by atoms with Crippen LogP contribution in [0.5, 0.6) is 0 Å². The Morgan fingerprint density at radius 3 is 2.94 bits per heavy atom.